The number of hydrogen-bond donors (Lipinski definition) is 4. The molecule has 2 aromatic rings. The molecule has 0 unspecified atom stereocenters. The number of nitrogens with zero attached hydrogens (tertiary/aromatic N) is 1. The fraction of sp³-hybridized carbons (Fsp3) is 0.500. The molecule has 14 heteroatoms. The van der Waals surface area contributed by atoms with Crippen LogP contribution in [-0.2, 0) is 24.5 Å². The highest BCUT2D eigenvalue weighted by molar-refractivity contribution is 6.31. The summed E-state index contributed by atoms with van der Waals surface area (Å²) in [6.07, 6.45) is 0.918. The first kappa shape index (κ1) is 29.2. The first-order valence-corrected chi connectivity index (χ1v) is 14.3. The van der Waals surface area contributed by atoms with E-state index >= 15 is 4.39 Å². The summed E-state index contributed by atoms with van der Waals surface area (Å²) in [6.45, 7) is -1.94. The molecule has 2 saturated heterocycles. The molecule has 1 aliphatic carbocycles. The molecular formula is C28H28Cl2F3N5O4. The Morgan fingerprint density at radius 3 is 2.55 bits per heavy atom. The van der Waals surface area contributed by atoms with Crippen LogP contribution >= 0.6 is 23.2 Å². The van der Waals surface area contributed by atoms with Crippen LogP contribution < -0.4 is 21.7 Å². The Labute approximate surface area is 249 Å². The van der Waals surface area contributed by atoms with Crippen LogP contribution in [0.15, 0.2) is 30.5 Å². The molecule has 6 rings (SSSR count). The molecule has 4 heterocycles. The summed E-state index contributed by atoms with van der Waals surface area (Å²) in [7, 11) is 0. The Morgan fingerprint density at radius 2 is 1.90 bits per heavy atom. The Hall–Kier alpha value is -2.93. The van der Waals surface area contributed by atoms with Crippen molar-refractivity contribution in [3.8, 4) is 0 Å². The molecule has 1 aromatic carbocycles. The number of rotatable bonds is 6. The van der Waals surface area contributed by atoms with E-state index in [0.29, 0.717) is 22.7 Å². The molecule has 5 N–H and O–H groups in total. The van der Waals surface area contributed by atoms with Crippen LogP contribution in [0.5, 0.6) is 0 Å². The van der Waals surface area contributed by atoms with Crippen molar-refractivity contribution in [3.05, 3.63) is 57.6 Å². The van der Waals surface area contributed by atoms with Crippen LogP contribution in [0.1, 0.15) is 42.7 Å². The molecule has 2 spiro atoms. The zero-order valence-electron chi connectivity index (χ0n) is 22.2. The monoisotopic (exact) mass is 625 g/mol. The minimum atomic E-state index is -1.67. The molecule has 0 radical (unpaired) electrons. The third kappa shape index (κ3) is 4.13. The number of amides is 3. The fourth-order valence-corrected chi connectivity index (χ4v) is 7.99. The molecule has 224 valence electrons. The molecule has 5 atom stereocenters. The third-order valence-electron chi connectivity index (χ3n) is 9.35. The predicted octanol–water partition coefficient (Wildman–Crippen LogP) is 3.08. The molecule has 3 aliphatic heterocycles. The smallest absolute Gasteiger partial charge is 0.246 e. The van der Waals surface area contributed by atoms with Crippen LogP contribution in [0.3, 0.4) is 0 Å². The average Bonchev–Trinajstić information content (AvgIpc) is 3.41. The van der Waals surface area contributed by atoms with Gasteiger partial charge in [-0.05, 0) is 55.0 Å². The quantitative estimate of drug-likeness (QED) is 0.364. The van der Waals surface area contributed by atoms with Gasteiger partial charge in [0.2, 0.25) is 17.7 Å². The van der Waals surface area contributed by atoms with Crippen LogP contribution in [0.25, 0.3) is 0 Å². The summed E-state index contributed by atoms with van der Waals surface area (Å²) in [5.41, 5.74) is 1.69. The summed E-state index contributed by atoms with van der Waals surface area (Å²) in [5.74, 6) is -3.87. The number of ether oxygens (including phenoxy) is 1. The van der Waals surface area contributed by atoms with Gasteiger partial charge in [-0.15, -0.1) is 0 Å². The van der Waals surface area contributed by atoms with Crippen molar-refractivity contribution in [3.63, 3.8) is 0 Å². The number of carbonyl (C=O) groups is 3. The number of fused-ring (bicyclic) bond motifs is 3. The molecule has 1 saturated carbocycles. The van der Waals surface area contributed by atoms with E-state index in [1.165, 1.54) is 12.3 Å². The number of aromatic nitrogens is 1. The van der Waals surface area contributed by atoms with Gasteiger partial charge in [-0.1, -0.05) is 29.3 Å². The first-order chi connectivity index (χ1) is 20.0. The Balaban J connectivity index is 1.49. The van der Waals surface area contributed by atoms with Crippen molar-refractivity contribution >= 4 is 46.6 Å². The maximum absolute atomic E-state index is 15.8. The van der Waals surface area contributed by atoms with Gasteiger partial charge in [-0.3, -0.25) is 28.5 Å². The lowest BCUT2D eigenvalue weighted by Gasteiger charge is -2.59. The first-order valence-electron chi connectivity index (χ1n) is 13.5. The van der Waals surface area contributed by atoms with Crippen molar-refractivity contribution < 1.29 is 32.3 Å². The van der Waals surface area contributed by atoms with Gasteiger partial charge < -0.3 is 21.1 Å². The Kier molecular flexibility index (Phi) is 7.19. The standard InChI is InChI=1S/C28H28Cl2F3N5O4/c29-13-1-3-16-17(7-13)37-25(41)28(16)19(15-5-6-35-22(30)20(15)33)21(38-27(28)9-26(10-27,11-31)12-32)24(40)36-14-2-4-18(23(34)39)42-8-14/h1,3,5-7,14,18-19,21,38H,2,4,8-12H2,(H2,34,39)(H,36,40)(H,37,41)/t14-,18+,19+,21-,28-/m1/s1. The number of anilines is 1. The second kappa shape index (κ2) is 10.4. The van der Waals surface area contributed by atoms with Crippen LogP contribution in [0.2, 0.25) is 10.2 Å². The molecule has 3 amide bonds. The number of hydrogen-bond acceptors (Lipinski definition) is 6. The van der Waals surface area contributed by atoms with Crippen molar-refractivity contribution in [1.29, 1.82) is 0 Å². The summed E-state index contributed by atoms with van der Waals surface area (Å²) in [6, 6.07) is 4.35. The van der Waals surface area contributed by atoms with Crippen molar-refractivity contribution in [1.82, 2.24) is 15.6 Å². The van der Waals surface area contributed by atoms with Gasteiger partial charge in [0, 0.05) is 33.8 Å². The highest BCUT2D eigenvalue weighted by Crippen LogP contribution is 2.68. The normalized spacial score (nSPS) is 30.5. The van der Waals surface area contributed by atoms with Gasteiger partial charge in [0.15, 0.2) is 11.0 Å². The van der Waals surface area contributed by atoms with Gasteiger partial charge in [0.1, 0.15) is 11.5 Å². The van der Waals surface area contributed by atoms with E-state index in [9.17, 15) is 23.2 Å². The molecule has 9 nitrogen and oxygen atoms in total. The molecule has 0 bridgehead atoms. The zero-order valence-corrected chi connectivity index (χ0v) is 23.7. The van der Waals surface area contributed by atoms with E-state index < -0.39 is 82.5 Å². The average molecular weight is 626 g/mol. The van der Waals surface area contributed by atoms with E-state index in [1.807, 2.05) is 0 Å². The third-order valence-corrected chi connectivity index (χ3v) is 9.85. The minimum Gasteiger partial charge on any atom is -0.367 e. The largest absolute Gasteiger partial charge is 0.367 e. The van der Waals surface area contributed by atoms with Crippen LogP contribution in [0.4, 0.5) is 18.9 Å². The highest BCUT2D eigenvalue weighted by Gasteiger charge is 2.78. The number of halogens is 5. The molecular weight excluding hydrogens is 598 g/mol. The van der Waals surface area contributed by atoms with Crippen LogP contribution in [-0.4, -0.2) is 66.4 Å². The number of nitrogens with one attached hydrogen (secondary N) is 3. The molecule has 3 fully saturated rings. The van der Waals surface area contributed by atoms with Gasteiger partial charge in [0.25, 0.3) is 0 Å². The summed E-state index contributed by atoms with van der Waals surface area (Å²) in [4.78, 5) is 43.6. The second-order valence-corrected chi connectivity index (χ2v) is 12.6. The lowest BCUT2D eigenvalue weighted by Crippen LogP contribution is -2.70. The number of alkyl halides is 2. The van der Waals surface area contributed by atoms with Crippen molar-refractivity contribution in [2.24, 2.45) is 11.1 Å². The van der Waals surface area contributed by atoms with E-state index in [0.717, 1.165) is 0 Å². The van der Waals surface area contributed by atoms with E-state index in [-0.39, 0.29) is 31.4 Å². The lowest BCUT2D eigenvalue weighted by atomic mass is 9.46. The summed E-state index contributed by atoms with van der Waals surface area (Å²) >= 11 is 12.3. The number of primary amides is 1. The van der Waals surface area contributed by atoms with Crippen LogP contribution in [0, 0.1) is 11.2 Å². The number of pyridine rings is 1. The van der Waals surface area contributed by atoms with E-state index in [4.69, 9.17) is 33.7 Å². The summed E-state index contributed by atoms with van der Waals surface area (Å²) in [5, 5.41) is 8.87. The van der Waals surface area contributed by atoms with Crippen molar-refractivity contribution in [2.45, 2.75) is 60.7 Å². The fourth-order valence-electron chi connectivity index (χ4n) is 7.65. The summed E-state index contributed by atoms with van der Waals surface area (Å²) < 4.78 is 49.8. The van der Waals surface area contributed by atoms with Gasteiger partial charge in [0.05, 0.1) is 32.0 Å². The maximum Gasteiger partial charge on any atom is 0.246 e. The number of nitrogens with two attached hydrogens (primary N) is 1. The number of benzene rings is 1. The van der Waals surface area contributed by atoms with E-state index in [2.05, 4.69) is 20.9 Å². The van der Waals surface area contributed by atoms with Gasteiger partial charge in [-0.25, -0.2) is 9.37 Å². The topological polar surface area (TPSA) is 135 Å². The van der Waals surface area contributed by atoms with Crippen molar-refractivity contribution in [2.75, 3.05) is 25.3 Å². The molecule has 1 aromatic heterocycles. The predicted molar refractivity (Wildman–Crippen MR) is 147 cm³/mol. The van der Waals surface area contributed by atoms with Gasteiger partial charge in [-0.2, -0.15) is 0 Å². The molecule has 42 heavy (non-hydrogen) atoms. The van der Waals surface area contributed by atoms with E-state index in [1.54, 1.807) is 18.2 Å². The SMILES string of the molecule is NC(=O)[C@@H]1CC[C@@H](NC(=O)[C@@H]2NC3(CC(CF)(CF)C3)[C@@]3(C(=O)Nc4cc(Cl)ccc43)[C@H]2c2ccnc(Cl)c2F)CO1. The highest BCUT2D eigenvalue weighted by atomic mass is 35.5. The van der Waals surface area contributed by atoms with Gasteiger partial charge >= 0.3 is 0 Å². The minimum absolute atomic E-state index is 0.0110. The molecule has 4 aliphatic rings. The Morgan fingerprint density at radius 1 is 1.17 bits per heavy atom. The Bertz CT molecular complexity index is 1460. The zero-order chi connectivity index (χ0) is 30.0. The number of carbonyl (C=O) groups excluding carboxylic acids is 3. The second-order valence-electron chi connectivity index (χ2n) is 11.8. The maximum atomic E-state index is 15.8. The lowest BCUT2D eigenvalue weighted by molar-refractivity contribution is -0.134.